The normalized spacial score (nSPS) is 11.2. The Labute approximate surface area is 127 Å². The molecule has 20 heavy (non-hydrogen) atoms. The number of rotatable bonds is 2. The lowest BCUT2D eigenvalue weighted by molar-refractivity contribution is 0.935. The minimum absolute atomic E-state index is 0.389. The summed E-state index contributed by atoms with van der Waals surface area (Å²) < 4.78 is 2.06. The minimum Gasteiger partial charge on any atom is -0.325 e. The van der Waals surface area contributed by atoms with Crippen LogP contribution in [0.25, 0.3) is 16.9 Å². The molecule has 2 heterocycles. The maximum absolute atomic E-state index is 6.29. The number of nitrogens with two attached hydrogens (primary N) is 1. The molecule has 0 amide bonds. The highest BCUT2D eigenvalue weighted by molar-refractivity contribution is 6.36. The van der Waals surface area contributed by atoms with Crippen molar-refractivity contribution in [2.45, 2.75) is 13.5 Å². The van der Waals surface area contributed by atoms with E-state index in [4.69, 9.17) is 28.9 Å². The minimum atomic E-state index is 0.389. The Kier molecular flexibility index (Phi) is 3.42. The summed E-state index contributed by atoms with van der Waals surface area (Å²) in [6, 6.07) is 11.4. The van der Waals surface area contributed by atoms with Crippen LogP contribution < -0.4 is 5.73 Å². The summed E-state index contributed by atoms with van der Waals surface area (Å²) in [7, 11) is 0. The fraction of sp³-hybridized carbons (Fsp3) is 0.133. The molecule has 3 rings (SSSR count). The van der Waals surface area contributed by atoms with E-state index in [0.717, 1.165) is 28.3 Å². The number of pyridine rings is 1. The van der Waals surface area contributed by atoms with Crippen molar-refractivity contribution >= 4 is 28.8 Å². The van der Waals surface area contributed by atoms with Gasteiger partial charge in [-0.3, -0.25) is 4.40 Å². The first-order valence-corrected chi connectivity index (χ1v) is 7.00. The first kappa shape index (κ1) is 13.4. The molecule has 0 fully saturated rings. The molecule has 3 nitrogen and oxygen atoms in total. The maximum atomic E-state index is 6.29. The number of aryl methyl sites for hydroxylation is 1. The highest BCUT2D eigenvalue weighted by Crippen LogP contribution is 2.32. The average Bonchev–Trinajstić information content (AvgIpc) is 2.78. The van der Waals surface area contributed by atoms with Gasteiger partial charge in [-0.2, -0.15) is 0 Å². The molecule has 0 aliphatic heterocycles. The summed E-state index contributed by atoms with van der Waals surface area (Å²) in [6.07, 6.45) is 0. The zero-order valence-electron chi connectivity index (χ0n) is 10.9. The molecule has 0 saturated heterocycles. The summed E-state index contributed by atoms with van der Waals surface area (Å²) in [5.74, 6) is 0. The predicted molar refractivity (Wildman–Crippen MR) is 83.3 cm³/mol. The van der Waals surface area contributed by atoms with Gasteiger partial charge in [-0.1, -0.05) is 29.3 Å². The van der Waals surface area contributed by atoms with E-state index < -0.39 is 0 Å². The standard InChI is InChI=1S/C15H13Cl2N3/c1-9-3-2-4-14-19-15(13(8-18)20(9)14)11-6-5-10(16)7-12(11)17/h2-7H,8,18H2,1H3. The number of imidazole rings is 1. The van der Waals surface area contributed by atoms with Gasteiger partial charge in [0.1, 0.15) is 5.65 Å². The van der Waals surface area contributed by atoms with Crippen LogP contribution in [-0.2, 0) is 6.54 Å². The average molecular weight is 306 g/mol. The van der Waals surface area contributed by atoms with Gasteiger partial charge in [-0.15, -0.1) is 0 Å². The van der Waals surface area contributed by atoms with Crippen LogP contribution in [-0.4, -0.2) is 9.38 Å². The van der Waals surface area contributed by atoms with E-state index in [2.05, 4.69) is 9.38 Å². The van der Waals surface area contributed by atoms with Gasteiger partial charge in [0.25, 0.3) is 0 Å². The van der Waals surface area contributed by atoms with Crippen LogP contribution in [0.2, 0.25) is 10.0 Å². The van der Waals surface area contributed by atoms with E-state index in [9.17, 15) is 0 Å². The number of halogens is 2. The molecule has 0 radical (unpaired) electrons. The summed E-state index contributed by atoms with van der Waals surface area (Å²) in [5, 5.41) is 1.18. The topological polar surface area (TPSA) is 43.3 Å². The van der Waals surface area contributed by atoms with Gasteiger partial charge >= 0.3 is 0 Å². The molecule has 0 atom stereocenters. The number of aromatic nitrogens is 2. The lowest BCUT2D eigenvalue weighted by Gasteiger charge is -2.06. The maximum Gasteiger partial charge on any atom is 0.137 e. The van der Waals surface area contributed by atoms with E-state index >= 15 is 0 Å². The lowest BCUT2D eigenvalue weighted by Crippen LogP contribution is -2.04. The fourth-order valence-corrected chi connectivity index (χ4v) is 2.91. The van der Waals surface area contributed by atoms with Crippen molar-refractivity contribution in [2.75, 3.05) is 0 Å². The summed E-state index contributed by atoms with van der Waals surface area (Å²) >= 11 is 12.2. The van der Waals surface area contributed by atoms with Crippen LogP contribution in [0, 0.1) is 6.92 Å². The van der Waals surface area contributed by atoms with Crippen molar-refractivity contribution in [1.29, 1.82) is 0 Å². The third-order valence-electron chi connectivity index (χ3n) is 3.31. The van der Waals surface area contributed by atoms with Crippen molar-refractivity contribution in [1.82, 2.24) is 9.38 Å². The molecule has 102 valence electrons. The first-order valence-electron chi connectivity index (χ1n) is 6.24. The van der Waals surface area contributed by atoms with Crippen LogP contribution in [0.3, 0.4) is 0 Å². The van der Waals surface area contributed by atoms with Crippen LogP contribution >= 0.6 is 23.2 Å². The van der Waals surface area contributed by atoms with Crippen molar-refractivity contribution in [3.63, 3.8) is 0 Å². The lowest BCUT2D eigenvalue weighted by atomic mass is 10.1. The van der Waals surface area contributed by atoms with E-state index in [0.29, 0.717) is 16.6 Å². The van der Waals surface area contributed by atoms with Gasteiger partial charge in [0, 0.05) is 22.8 Å². The third-order valence-corrected chi connectivity index (χ3v) is 3.86. The Morgan fingerprint density at radius 1 is 1.20 bits per heavy atom. The van der Waals surface area contributed by atoms with E-state index in [1.807, 2.05) is 31.2 Å². The van der Waals surface area contributed by atoms with Gasteiger partial charge in [0.15, 0.2) is 0 Å². The molecule has 0 saturated carbocycles. The highest BCUT2D eigenvalue weighted by Gasteiger charge is 2.16. The SMILES string of the molecule is Cc1cccc2nc(-c3ccc(Cl)cc3Cl)c(CN)n12. The van der Waals surface area contributed by atoms with Crippen LogP contribution in [0.4, 0.5) is 0 Å². The van der Waals surface area contributed by atoms with Crippen molar-refractivity contribution in [3.05, 3.63) is 57.8 Å². The zero-order chi connectivity index (χ0) is 14.3. The molecule has 0 unspecified atom stereocenters. The molecule has 1 aromatic carbocycles. The molecule has 2 N–H and O–H groups in total. The molecule has 0 aliphatic carbocycles. The van der Waals surface area contributed by atoms with E-state index in [1.165, 1.54) is 0 Å². The number of hydrogen-bond acceptors (Lipinski definition) is 2. The molecule has 0 bridgehead atoms. The molecular weight excluding hydrogens is 293 g/mol. The Bertz CT molecular complexity index is 793. The quantitative estimate of drug-likeness (QED) is 0.775. The first-order chi connectivity index (χ1) is 9.61. The van der Waals surface area contributed by atoms with Gasteiger partial charge in [-0.05, 0) is 37.3 Å². The third kappa shape index (κ3) is 2.08. The second-order valence-corrected chi connectivity index (χ2v) is 5.44. The molecule has 0 spiro atoms. The molecule has 2 aromatic heterocycles. The monoisotopic (exact) mass is 305 g/mol. The molecular formula is C15H13Cl2N3. The Balaban J connectivity index is 2.33. The largest absolute Gasteiger partial charge is 0.325 e. The van der Waals surface area contributed by atoms with Crippen LogP contribution in [0.1, 0.15) is 11.4 Å². The smallest absolute Gasteiger partial charge is 0.137 e. The Hall–Kier alpha value is -1.55. The summed E-state index contributed by atoms with van der Waals surface area (Å²) in [6.45, 7) is 2.42. The zero-order valence-corrected chi connectivity index (χ0v) is 12.4. The summed E-state index contributed by atoms with van der Waals surface area (Å²) in [5.41, 5.74) is 10.5. The molecule has 0 aliphatic rings. The van der Waals surface area contributed by atoms with E-state index in [-0.39, 0.29) is 0 Å². The second kappa shape index (κ2) is 5.09. The van der Waals surface area contributed by atoms with Gasteiger partial charge in [0.2, 0.25) is 0 Å². The van der Waals surface area contributed by atoms with Crippen LogP contribution in [0.5, 0.6) is 0 Å². The fourth-order valence-electron chi connectivity index (χ4n) is 2.41. The van der Waals surface area contributed by atoms with Crippen molar-refractivity contribution in [3.8, 4) is 11.3 Å². The number of hydrogen-bond donors (Lipinski definition) is 1. The highest BCUT2D eigenvalue weighted by atomic mass is 35.5. The number of fused-ring (bicyclic) bond motifs is 1. The molecule has 3 aromatic rings. The van der Waals surface area contributed by atoms with E-state index in [1.54, 1.807) is 12.1 Å². The van der Waals surface area contributed by atoms with Gasteiger partial charge < -0.3 is 5.73 Å². The Morgan fingerprint density at radius 3 is 2.70 bits per heavy atom. The summed E-state index contributed by atoms with van der Waals surface area (Å²) in [4.78, 5) is 4.66. The predicted octanol–water partition coefficient (Wildman–Crippen LogP) is 4.08. The molecule has 5 heteroatoms. The van der Waals surface area contributed by atoms with Crippen molar-refractivity contribution in [2.24, 2.45) is 5.73 Å². The number of nitrogens with zero attached hydrogens (tertiary/aromatic N) is 2. The van der Waals surface area contributed by atoms with Crippen LogP contribution in [0.15, 0.2) is 36.4 Å². The second-order valence-electron chi connectivity index (χ2n) is 4.60. The van der Waals surface area contributed by atoms with Crippen molar-refractivity contribution < 1.29 is 0 Å². The van der Waals surface area contributed by atoms with Gasteiger partial charge in [0.05, 0.1) is 16.4 Å². The van der Waals surface area contributed by atoms with Gasteiger partial charge in [-0.25, -0.2) is 4.98 Å². The Morgan fingerprint density at radius 2 is 2.00 bits per heavy atom. The number of benzene rings is 1.